The first-order valence-corrected chi connectivity index (χ1v) is 9.78. The summed E-state index contributed by atoms with van der Waals surface area (Å²) in [6, 6.07) is 12.5. The van der Waals surface area contributed by atoms with Gasteiger partial charge in [-0.1, -0.05) is 30.3 Å². The Kier molecular flexibility index (Phi) is 5.20. The average Bonchev–Trinajstić information content (AvgIpc) is 2.68. The fourth-order valence-electron chi connectivity index (χ4n) is 3.36. The van der Waals surface area contributed by atoms with Gasteiger partial charge in [0.15, 0.2) is 0 Å². The second-order valence-electron chi connectivity index (χ2n) is 6.53. The van der Waals surface area contributed by atoms with Crippen molar-refractivity contribution in [1.29, 1.82) is 0 Å². The molecule has 0 radical (unpaired) electrons. The van der Waals surface area contributed by atoms with E-state index in [1.807, 2.05) is 18.3 Å². The molecule has 2 aliphatic rings. The molecule has 132 valence electrons. The van der Waals surface area contributed by atoms with E-state index >= 15 is 0 Å². The van der Waals surface area contributed by atoms with E-state index in [-0.39, 0.29) is 5.60 Å². The molecule has 0 unspecified atom stereocenters. The first kappa shape index (κ1) is 16.8. The Hall–Kier alpha value is -1.63. The van der Waals surface area contributed by atoms with Crippen LogP contribution in [0.1, 0.15) is 18.4 Å². The lowest BCUT2D eigenvalue weighted by Gasteiger charge is -2.44. The summed E-state index contributed by atoms with van der Waals surface area (Å²) in [5.74, 6) is 1.73. The predicted octanol–water partition coefficient (Wildman–Crippen LogP) is 3.15. The molecule has 4 rings (SSSR count). The molecule has 2 saturated heterocycles. The molecule has 2 aromatic rings. The summed E-state index contributed by atoms with van der Waals surface area (Å²) in [6.07, 6.45) is 3.76. The first-order valence-electron chi connectivity index (χ1n) is 8.79. The van der Waals surface area contributed by atoms with E-state index in [9.17, 15) is 0 Å². The Balaban J connectivity index is 1.43. The van der Waals surface area contributed by atoms with Gasteiger partial charge < -0.3 is 14.4 Å². The van der Waals surface area contributed by atoms with Crippen LogP contribution in [0.3, 0.4) is 0 Å². The van der Waals surface area contributed by atoms with Crippen molar-refractivity contribution in [3.8, 4) is 0 Å². The summed E-state index contributed by atoms with van der Waals surface area (Å²) in [4.78, 5) is 11.6. The van der Waals surface area contributed by atoms with Crippen LogP contribution in [0.5, 0.6) is 0 Å². The maximum atomic E-state index is 6.11. The van der Waals surface area contributed by atoms with Crippen molar-refractivity contribution in [2.45, 2.75) is 29.2 Å². The first-order chi connectivity index (χ1) is 12.3. The topological polar surface area (TPSA) is 47.5 Å². The highest BCUT2D eigenvalue weighted by Gasteiger charge is 2.39. The summed E-state index contributed by atoms with van der Waals surface area (Å²) in [7, 11) is 0. The van der Waals surface area contributed by atoms with Crippen LogP contribution in [-0.4, -0.2) is 48.5 Å². The van der Waals surface area contributed by atoms with Crippen LogP contribution in [0.15, 0.2) is 47.6 Å². The number of thioether (sulfide) groups is 1. The minimum atomic E-state index is -0.0902. The Morgan fingerprint density at radius 2 is 1.92 bits per heavy atom. The highest BCUT2D eigenvalue weighted by atomic mass is 32.2. The molecule has 6 heteroatoms. The molecular weight excluding hydrogens is 334 g/mol. The van der Waals surface area contributed by atoms with Crippen molar-refractivity contribution in [1.82, 2.24) is 9.97 Å². The van der Waals surface area contributed by atoms with Gasteiger partial charge in [-0.3, -0.25) is 0 Å². The summed E-state index contributed by atoms with van der Waals surface area (Å²) >= 11 is 1.75. The van der Waals surface area contributed by atoms with E-state index in [1.165, 1.54) is 5.56 Å². The van der Waals surface area contributed by atoms with Gasteiger partial charge in [0.2, 0.25) is 5.95 Å². The zero-order chi connectivity index (χ0) is 17.0. The second-order valence-corrected chi connectivity index (χ2v) is 7.53. The van der Waals surface area contributed by atoms with E-state index in [0.717, 1.165) is 62.5 Å². The lowest BCUT2D eigenvalue weighted by Crippen LogP contribution is -2.54. The molecular formula is C19H23N3O2S. The number of nitrogens with zero attached hydrogens (tertiary/aromatic N) is 3. The molecule has 2 fully saturated rings. The largest absolute Gasteiger partial charge is 0.381 e. The Bertz CT molecular complexity index is 687. The van der Waals surface area contributed by atoms with Crippen molar-refractivity contribution in [3.63, 3.8) is 0 Å². The van der Waals surface area contributed by atoms with Gasteiger partial charge in [-0.15, -0.1) is 11.8 Å². The van der Waals surface area contributed by atoms with Gasteiger partial charge in [0.1, 0.15) is 5.03 Å². The van der Waals surface area contributed by atoms with Crippen molar-refractivity contribution >= 4 is 17.7 Å². The number of benzene rings is 1. The van der Waals surface area contributed by atoms with E-state index in [1.54, 1.807) is 11.8 Å². The van der Waals surface area contributed by atoms with Crippen molar-refractivity contribution < 1.29 is 9.47 Å². The number of ether oxygens (including phenoxy) is 2. The van der Waals surface area contributed by atoms with Gasteiger partial charge in [-0.05, 0) is 11.6 Å². The van der Waals surface area contributed by atoms with Gasteiger partial charge in [-0.25, -0.2) is 9.97 Å². The van der Waals surface area contributed by atoms with Crippen molar-refractivity contribution in [2.75, 3.05) is 37.8 Å². The van der Waals surface area contributed by atoms with E-state index < -0.39 is 0 Å². The van der Waals surface area contributed by atoms with Crippen LogP contribution in [0, 0.1) is 0 Å². The molecule has 0 bridgehead atoms. The van der Waals surface area contributed by atoms with Crippen LogP contribution < -0.4 is 4.90 Å². The Morgan fingerprint density at radius 3 is 2.76 bits per heavy atom. The molecule has 0 N–H and O–H groups in total. The number of morpholine rings is 1. The quantitative estimate of drug-likeness (QED) is 0.619. The minimum absolute atomic E-state index is 0.0902. The van der Waals surface area contributed by atoms with Gasteiger partial charge in [0, 0.05) is 44.5 Å². The number of anilines is 1. The van der Waals surface area contributed by atoms with Crippen molar-refractivity contribution in [2.24, 2.45) is 0 Å². The zero-order valence-electron chi connectivity index (χ0n) is 14.3. The number of aromatic nitrogens is 2. The lowest BCUT2D eigenvalue weighted by molar-refractivity contribution is -0.116. The monoisotopic (exact) mass is 357 g/mol. The predicted molar refractivity (Wildman–Crippen MR) is 99.0 cm³/mol. The molecule has 25 heavy (non-hydrogen) atoms. The highest BCUT2D eigenvalue weighted by Crippen LogP contribution is 2.31. The van der Waals surface area contributed by atoms with Gasteiger partial charge in [-0.2, -0.15) is 0 Å². The normalized spacial score (nSPS) is 19.9. The van der Waals surface area contributed by atoms with Crippen LogP contribution in [0.2, 0.25) is 0 Å². The molecule has 0 saturated carbocycles. The van der Waals surface area contributed by atoms with Crippen LogP contribution >= 0.6 is 11.8 Å². The third kappa shape index (κ3) is 4.14. The number of rotatable bonds is 4. The fourth-order valence-corrected chi connectivity index (χ4v) is 4.17. The minimum Gasteiger partial charge on any atom is -0.381 e. The van der Waals surface area contributed by atoms with Crippen LogP contribution in [0.4, 0.5) is 5.95 Å². The molecule has 2 aliphatic heterocycles. The second kappa shape index (κ2) is 7.72. The molecule has 5 nitrogen and oxygen atoms in total. The number of hydrogen-bond acceptors (Lipinski definition) is 6. The maximum absolute atomic E-state index is 6.11. The summed E-state index contributed by atoms with van der Waals surface area (Å²) in [6.45, 7) is 3.98. The van der Waals surface area contributed by atoms with E-state index in [2.05, 4.69) is 34.1 Å². The SMILES string of the molecule is c1ccc(CSc2ccnc(N3CCOC4(CCOCC4)C3)n2)cc1. The molecule has 0 atom stereocenters. The van der Waals surface area contributed by atoms with E-state index in [0.29, 0.717) is 0 Å². The smallest absolute Gasteiger partial charge is 0.226 e. The van der Waals surface area contributed by atoms with E-state index in [4.69, 9.17) is 14.5 Å². The Labute approximate surface area is 152 Å². The molecule has 1 aromatic heterocycles. The number of hydrogen-bond donors (Lipinski definition) is 0. The molecule has 1 aromatic carbocycles. The highest BCUT2D eigenvalue weighted by molar-refractivity contribution is 7.98. The molecule has 0 amide bonds. The van der Waals surface area contributed by atoms with Gasteiger partial charge in [0.25, 0.3) is 0 Å². The summed E-state index contributed by atoms with van der Waals surface area (Å²) in [5, 5.41) is 1.02. The third-order valence-electron chi connectivity index (χ3n) is 4.78. The molecule has 3 heterocycles. The fraction of sp³-hybridized carbons (Fsp3) is 0.474. The summed E-state index contributed by atoms with van der Waals surface area (Å²) < 4.78 is 11.6. The maximum Gasteiger partial charge on any atom is 0.226 e. The van der Waals surface area contributed by atoms with Crippen molar-refractivity contribution in [3.05, 3.63) is 48.2 Å². The Morgan fingerprint density at radius 1 is 1.08 bits per heavy atom. The van der Waals surface area contributed by atoms with Crippen LogP contribution in [-0.2, 0) is 15.2 Å². The molecule has 1 spiro atoms. The molecule has 0 aliphatic carbocycles. The standard InChI is InChI=1S/C19H23N3O2S/c1-2-4-16(5-3-1)14-25-17-6-9-20-18(21-17)22-10-13-24-19(15-22)7-11-23-12-8-19/h1-6,9H,7-8,10-15H2. The van der Waals surface area contributed by atoms with Gasteiger partial charge in [0.05, 0.1) is 18.8 Å². The zero-order valence-corrected chi connectivity index (χ0v) is 15.1. The average molecular weight is 357 g/mol. The van der Waals surface area contributed by atoms with Gasteiger partial charge >= 0.3 is 0 Å². The lowest BCUT2D eigenvalue weighted by atomic mass is 9.92. The summed E-state index contributed by atoms with van der Waals surface area (Å²) in [5.41, 5.74) is 1.22. The third-order valence-corrected chi connectivity index (χ3v) is 5.78. The van der Waals surface area contributed by atoms with Crippen LogP contribution in [0.25, 0.3) is 0 Å².